The van der Waals surface area contributed by atoms with Crippen LogP contribution in [-0.2, 0) is 15.5 Å². The first-order valence-corrected chi connectivity index (χ1v) is 10.7. The minimum atomic E-state index is -2.34. The van der Waals surface area contributed by atoms with Crippen molar-refractivity contribution in [1.82, 2.24) is 0 Å². The summed E-state index contributed by atoms with van der Waals surface area (Å²) in [6.45, 7) is 7.83. The van der Waals surface area contributed by atoms with E-state index in [2.05, 4.69) is 45.0 Å². The molecule has 0 heterocycles. The molecule has 0 N–H and O–H groups in total. The Balaban J connectivity index is 3.20. The van der Waals surface area contributed by atoms with Crippen LogP contribution in [0.3, 0.4) is 0 Å². The van der Waals surface area contributed by atoms with E-state index in [1.165, 1.54) is 5.56 Å². The summed E-state index contributed by atoms with van der Waals surface area (Å²) in [4.78, 5) is 11.3. The predicted molar refractivity (Wildman–Crippen MR) is 94.2 cm³/mol. The second kappa shape index (κ2) is 7.22. The Labute approximate surface area is 129 Å². The Morgan fingerprint density at radius 1 is 1.05 bits per heavy atom. The zero-order chi connectivity index (χ0) is 16.0. The molecule has 0 aliphatic rings. The molecule has 0 radical (unpaired) electrons. The molecule has 118 valence electrons. The molecule has 21 heavy (non-hydrogen) atoms. The molecule has 3 heteroatoms. The third-order valence-corrected chi connectivity index (χ3v) is 11.4. The fourth-order valence-corrected chi connectivity index (χ4v) is 7.46. The number of ketones is 1. The van der Waals surface area contributed by atoms with Gasteiger partial charge >= 0.3 is 129 Å². The molecule has 1 rings (SSSR count). The fraction of sp³-hybridized carbons (Fsp3) is 0.500. The molecule has 0 unspecified atom stereocenters. The van der Waals surface area contributed by atoms with Gasteiger partial charge in [0, 0.05) is 0 Å². The van der Waals surface area contributed by atoms with Crippen molar-refractivity contribution < 1.29 is 9.32 Å². The van der Waals surface area contributed by atoms with Crippen molar-refractivity contribution in [2.24, 2.45) is 0 Å². The molecule has 0 aliphatic carbocycles. The van der Waals surface area contributed by atoms with Crippen LogP contribution in [0, 0.1) is 0 Å². The van der Waals surface area contributed by atoms with E-state index < -0.39 is 6.83 Å². The van der Waals surface area contributed by atoms with Gasteiger partial charge in [0.25, 0.3) is 0 Å². The molecule has 0 aliphatic heterocycles. The van der Waals surface area contributed by atoms with Crippen LogP contribution in [-0.4, -0.2) is 24.3 Å². The summed E-state index contributed by atoms with van der Waals surface area (Å²) in [5, 5.41) is 0. The fourth-order valence-electron chi connectivity index (χ4n) is 3.00. The van der Waals surface area contributed by atoms with Crippen LogP contribution in [0.5, 0.6) is 0 Å². The third kappa shape index (κ3) is 4.41. The normalized spacial score (nSPS) is 14.3. The second-order valence-electron chi connectivity index (χ2n) is 5.91. The molecule has 0 bridgehead atoms. The topological polar surface area (TPSA) is 26.3 Å². The third-order valence-electron chi connectivity index (χ3n) is 4.63. The monoisotopic (exact) mass is 308 g/mol. The first-order valence-electron chi connectivity index (χ1n) is 7.82. The molecule has 0 fully saturated rings. The van der Waals surface area contributed by atoms with Gasteiger partial charge in [-0.25, -0.2) is 0 Å². The Morgan fingerprint density at radius 2 is 1.57 bits per heavy atom. The van der Waals surface area contributed by atoms with E-state index in [1.807, 2.05) is 13.0 Å². The van der Waals surface area contributed by atoms with Crippen molar-refractivity contribution in [3.05, 3.63) is 47.7 Å². The number of carbonyl (C=O) groups is 1. The summed E-state index contributed by atoms with van der Waals surface area (Å²) in [5.41, 5.74) is 1.33. The summed E-state index contributed by atoms with van der Waals surface area (Å²) < 4.78 is 6.56. The molecule has 0 saturated heterocycles. The molecular formula is C18H29O2P. The zero-order valence-corrected chi connectivity index (χ0v) is 15.0. The van der Waals surface area contributed by atoms with E-state index in [9.17, 15) is 4.79 Å². The van der Waals surface area contributed by atoms with Crippen LogP contribution in [0.2, 0.25) is 0 Å². The maximum absolute atomic E-state index is 11.3. The van der Waals surface area contributed by atoms with Crippen molar-refractivity contribution >= 4 is 12.6 Å². The van der Waals surface area contributed by atoms with Crippen LogP contribution in [0.15, 0.2) is 42.2 Å². The summed E-state index contributed by atoms with van der Waals surface area (Å²) in [5.74, 6) is 0.814. The van der Waals surface area contributed by atoms with Crippen LogP contribution in [0.25, 0.3) is 0 Å². The average Bonchev–Trinajstić information content (AvgIpc) is 2.47. The van der Waals surface area contributed by atoms with E-state index in [0.29, 0.717) is 0 Å². The van der Waals surface area contributed by atoms with E-state index in [0.717, 1.165) is 30.4 Å². The summed E-state index contributed by atoms with van der Waals surface area (Å²) in [6.07, 6.45) is 5.72. The molecule has 0 amide bonds. The SMILES string of the molecule is CCP(CC)(CC)(Cc1ccccc1)O/C(C)=C/C(C)=O. The summed E-state index contributed by atoms with van der Waals surface area (Å²) in [7, 11) is 0. The Bertz CT molecular complexity index is 490. The number of rotatable bonds is 8. The van der Waals surface area contributed by atoms with Crippen molar-refractivity contribution in [3.63, 3.8) is 0 Å². The Kier molecular flexibility index (Phi) is 6.16. The van der Waals surface area contributed by atoms with E-state index in [-0.39, 0.29) is 5.78 Å². The van der Waals surface area contributed by atoms with E-state index in [1.54, 1.807) is 13.0 Å². The van der Waals surface area contributed by atoms with E-state index >= 15 is 0 Å². The quantitative estimate of drug-likeness (QED) is 0.374. The van der Waals surface area contributed by atoms with Gasteiger partial charge < -0.3 is 0 Å². The number of hydrogen-bond donors (Lipinski definition) is 0. The van der Waals surface area contributed by atoms with Gasteiger partial charge in [-0.15, -0.1) is 0 Å². The van der Waals surface area contributed by atoms with Gasteiger partial charge in [0.1, 0.15) is 0 Å². The molecular weight excluding hydrogens is 279 g/mol. The van der Waals surface area contributed by atoms with Crippen molar-refractivity contribution in [2.75, 3.05) is 18.5 Å². The number of hydrogen-bond acceptors (Lipinski definition) is 2. The predicted octanol–water partition coefficient (Wildman–Crippen LogP) is 5.22. The van der Waals surface area contributed by atoms with Gasteiger partial charge in [0.05, 0.1) is 0 Å². The number of benzene rings is 1. The van der Waals surface area contributed by atoms with Crippen molar-refractivity contribution in [1.29, 1.82) is 0 Å². The summed E-state index contributed by atoms with van der Waals surface area (Å²) in [6, 6.07) is 10.6. The Morgan fingerprint density at radius 3 is 2.00 bits per heavy atom. The number of allylic oxidation sites excluding steroid dienone is 2. The van der Waals surface area contributed by atoms with Crippen molar-refractivity contribution in [2.45, 2.75) is 40.8 Å². The average molecular weight is 308 g/mol. The van der Waals surface area contributed by atoms with Crippen LogP contribution >= 0.6 is 6.83 Å². The van der Waals surface area contributed by atoms with Gasteiger partial charge in [0.15, 0.2) is 0 Å². The van der Waals surface area contributed by atoms with E-state index in [4.69, 9.17) is 4.52 Å². The molecule has 0 spiro atoms. The van der Waals surface area contributed by atoms with Gasteiger partial charge in [-0.1, -0.05) is 0 Å². The minimum absolute atomic E-state index is 0.0483. The maximum atomic E-state index is 11.3. The standard InChI is InChI=1S/C18H29O2P/c1-6-21(7-2,8-3,20-17(5)14-16(4)19)15-18-12-10-9-11-13-18/h9-14H,6-8,15H2,1-5H3/b17-14+. The van der Waals surface area contributed by atoms with Crippen LogP contribution < -0.4 is 0 Å². The molecule has 1 aromatic carbocycles. The molecule has 2 nitrogen and oxygen atoms in total. The van der Waals surface area contributed by atoms with Crippen LogP contribution in [0.4, 0.5) is 0 Å². The van der Waals surface area contributed by atoms with Gasteiger partial charge in [0.2, 0.25) is 0 Å². The molecule has 0 aromatic heterocycles. The molecule has 1 aromatic rings. The van der Waals surface area contributed by atoms with Gasteiger partial charge in [-0.05, 0) is 0 Å². The van der Waals surface area contributed by atoms with Gasteiger partial charge in [-0.3, -0.25) is 0 Å². The zero-order valence-electron chi connectivity index (χ0n) is 14.1. The first kappa shape index (κ1) is 17.9. The Hall–Kier alpha value is -1.14. The van der Waals surface area contributed by atoms with Crippen molar-refractivity contribution in [3.8, 4) is 0 Å². The second-order valence-corrected chi connectivity index (χ2v) is 12.0. The van der Waals surface area contributed by atoms with Gasteiger partial charge in [-0.2, -0.15) is 0 Å². The van der Waals surface area contributed by atoms with Crippen LogP contribution in [0.1, 0.15) is 40.2 Å². The molecule has 0 atom stereocenters. The first-order chi connectivity index (χ1) is 9.88. The summed E-state index contributed by atoms with van der Waals surface area (Å²) >= 11 is 0. The molecule has 0 saturated carbocycles. The number of carbonyl (C=O) groups excluding carboxylic acids is 1.